The minimum Gasteiger partial charge on any atom is -0.370 e. The van der Waals surface area contributed by atoms with Crippen LogP contribution < -0.4 is 11.5 Å². The van der Waals surface area contributed by atoms with E-state index < -0.39 is 5.91 Å². The molecule has 0 saturated heterocycles. The van der Waals surface area contributed by atoms with Crippen LogP contribution in [0.4, 0.5) is 0 Å². The van der Waals surface area contributed by atoms with Crippen molar-refractivity contribution in [3.8, 4) is 0 Å². The van der Waals surface area contributed by atoms with Crippen molar-refractivity contribution in [2.24, 2.45) is 16.5 Å². The molecule has 1 amide bonds. The van der Waals surface area contributed by atoms with Crippen molar-refractivity contribution < 1.29 is 4.79 Å². The Balaban J connectivity index is 4.14. The Morgan fingerprint density at radius 2 is 1.90 bits per heavy atom. The molecule has 4 N–H and O–H groups in total. The summed E-state index contributed by atoms with van der Waals surface area (Å²) < 4.78 is 0. The average Bonchev–Trinajstić information content (AvgIpc) is 1.58. The summed E-state index contributed by atoms with van der Waals surface area (Å²) in [5, 5.41) is 0. The Hall–Kier alpha value is -1.32. The van der Waals surface area contributed by atoms with Crippen molar-refractivity contribution in [2.45, 2.75) is 13.8 Å². The predicted molar refractivity (Wildman–Crippen MR) is 40.2 cm³/mol. The van der Waals surface area contributed by atoms with Crippen molar-refractivity contribution in [3.05, 3.63) is 11.6 Å². The van der Waals surface area contributed by atoms with Gasteiger partial charge in [-0.2, -0.15) is 4.99 Å². The number of allylic oxidation sites excluding steroid dienone is 1. The summed E-state index contributed by atoms with van der Waals surface area (Å²) in [6, 6.07) is 0. The van der Waals surface area contributed by atoms with Crippen molar-refractivity contribution >= 4 is 11.9 Å². The first-order chi connectivity index (χ1) is 4.52. The predicted octanol–water partition coefficient (Wildman–Crippen LogP) is -0.247. The fraction of sp³-hybridized carbons (Fsp3) is 0.333. The zero-order valence-corrected chi connectivity index (χ0v) is 6.09. The molecule has 0 radical (unpaired) electrons. The van der Waals surface area contributed by atoms with Gasteiger partial charge in [0.15, 0.2) is 5.96 Å². The van der Waals surface area contributed by atoms with E-state index in [0.717, 1.165) is 5.57 Å². The highest BCUT2D eigenvalue weighted by Crippen LogP contribution is 1.88. The molecule has 0 aliphatic rings. The molecule has 10 heavy (non-hydrogen) atoms. The molecular formula is C6H11N3O. The summed E-state index contributed by atoms with van der Waals surface area (Å²) in [5.74, 6) is -0.623. The molecule has 4 nitrogen and oxygen atoms in total. The Bertz CT molecular complexity index is 165. The van der Waals surface area contributed by atoms with Gasteiger partial charge in [-0.05, 0) is 13.8 Å². The quantitative estimate of drug-likeness (QED) is 0.300. The summed E-state index contributed by atoms with van der Waals surface area (Å²) in [6.45, 7) is 3.58. The van der Waals surface area contributed by atoms with E-state index in [0.29, 0.717) is 0 Å². The van der Waals surface area contributed by atoms with Crippen molar-refractivity contribution in [1.82, 2.24) is 0 Å². The molecule has 0 aliphatic carbocycles. The van der Waals surface area contributed by atoms with Crippen molar-refractivity contribution in [3.63, 3.8) is 0 Å². The van der Waals surface area contributed by atoms with Crippen LogP contribution in [0, 0.1) is 0 Å². The fourth-order valence-corrected chi connectivity index (χ4v) is 0.406. The highest BCUT2D eigenvalue weighted by Gasteiger charge is 1.91. The second-order valence-electron chi connectivity index (χ2n) is 2.10. The van der Waals surface area contributed by atoms with Gasteiger partial charge in [-0.25, -0.2) is 0 Å². The van der Waals surface area contributed by atoms with Crippen LogP contribution in [0.2, 0.25) is 0 Å². The first-order valence-corrected chi connectivity index (χ1v) is 2.81. The smallest absolute Gasteiger partial charge is 0.272 e. The molecule has 0 aromatic rings. The maximum atomic E-state index is 10.6. The van der Waals surface area contributed by atoms with E-state index >= 15 is 0 Å². The van der Waals surface area contributed by atoms with Crippen LogP contribution in [0.3, 0.4) is 0 Å². The van der Waals surface area contributed by atoms with Gasteiger partial charge in [-0.3, -0.25) is 4.79 Å². The number of nitrogens with two attached hydrogens (primary N) is 2. The van der Waals surface area contributed by atoms with E-state index in [4.69, 9.17) is 11.5 Å². The summed E-state index contributed by atoms with van der Waals surface area (Å²) in [6.07, 6.45) is 1.36. The minimum atomic E-state index is -0.417. The molecular weight excluding hydrogens is 130 g/mol. The van der Waals surface area contributed by atoms with Crippen LogP contribution in [0.1, 0.15) is 13.8 Å². The van der Waals surface area contributed by atoms with Crippen LogP contribution >= 0.6 is 0 Å². The SMILES string of the molecule is CC(C)=CC(=O)N=C(N)N. The molecule has 0 spiro atoms. The lowest BCUT2D eigenvalue weighted by atomic mass is 10.3. The summed E-state index contributed by atoms with van der Waals surface area (Å²) in [7, 11) is 0. The number of nitrogens with zero attached hydrogens (tertiary/aromatic N) is 1. The minimum absolute atomic E-state index is 0.206. The van der Waals surface area contributed by atoms with E-state index in [1.54, 1.807) is 13.8 Å². The monoisotopic (exact) mass is 141 g/mol. The zero-order valence-electron chi connectivity index (χ0n) is 6.09. The highest BCUT2D eigenvalue weighted by atomic mass is 16.1. The van der Waals surface area contributed by atoms with Gasteiger partial charge >= 0.3 is 0 Å². The van der Waals surface area contributed by atoms with Crippen molar-refractivity contribution in [2.75, 3.05) is 0 Å². The number of hydrogen-bond acceptors (Lipinski definition) is 1. The summed E-state index contributed by atoms with van der Waals surface area (Å²) >= 11 is 0. The second-order valence-corrected chi connectivity index (χ2v) is 2.10. The molecule has 0 atom stereocenters. The summed E-state index contributed by atoms with van der Waals surface area (Å²) in [4.78, 5) is 13.9. The molecule has 0 fully saturated rings. The zero-order chi connectivity index (χ0) is 8.15. The number of guanidine groups is 1. The van der Waals surface area contributed by atoms with Crippen LogP contribution in [0.25, 0.3) is 0 Å². The normalized spacial score (nSPS) is 8.20. The third-order valence-corrected chi connectivity index (χ3v) is 0.651. The molecule has 0 aliphatic heterocycles. The van der Waals surface area contributed by atoms with Gasteiger partial charge in [0.05, 0.1) is 0 Å². The Morgan fingerprint density at radius 1 is 1.40 bits per heavy atom. The molecule has 0 bridgehead atoms. The van der Waals surface area contributed by atoms with Gasteiger partial charge in [0, 0.05) is 6.08 Å². The first kappa shape index (κ1) is 8.68. The number of amides is 1. The lowest BCUT2D eigenvalue weighted by molar-refractivity contribution is -0.113. The topological polar surface area (TPSA) is 81.5 Å². The lowest BCUT2D eigenvalue weighted by Crippen LogP contribution is -2.23. The lowest BCUT2D eigenvalue weighted by Gasteiger charge is -1.87. The standard InChI is InChI=1S/C6H11N3O/c1-4(2)3-5(10)9-6(7)8/h3H,1-2H3,(H4,7,8,9,10). The fourth-order valence-electron chi connectivity index (χ4n) is 0.406. The maximum absolute atomic E-state index is 10.6. The molecule has 0 aromatic heterocycles. The van der Waals surface area contributed by atoms with Gasteiger partial charge in [-0.1, -0.05) is 5.57 Å². The van der Waals surface area contributed by atoms with E-state index in [1.165, 1.54) is 6.08 Å². The number of hydrogen-bond donors (Lipinski definition) is 2. The maximum Gasteiger partial charge on any atom is 0.272 e. The molecule has 56 valence electrons. The third kappa shape index (κ3) is 4.83. The van der Waals surface area contributed by atoms with Gasteiger partial charge in [-0.15, -0.1) is 0 Å². The highest BCUT2D eigenvalue weighted by molar-refractivity contribution is 5.97. The molecule has 0 aromatic carbocycles. The van der Waals surface area contributed by atoms with E-state index in [2.05, 4.69) is 4.99 Å². The second kappa shape index (κ2) is 3.66. The molecule has 0 saturated carbocycles. The van der Waals surface area contributed by atoms with Crippen LogP contribution in [-0.2, 0) is 4.79 Å². The van der Waals surface area contributed by atoms with Crippen LogP contribution in [-0.4, -0.2) is 11.9 Å². The van der Waals surface area contributed by atoms with Gasteiger partial charge in [0.1, 0.15) is 0 Å². The average molecular weight is 141 g/mol. The van der Waals surface area contributed by atoms with Crippen LogP contribution in [0.15, 0.2) is 16.6 Å². The van der Waals surface area contributed by atoms with Gasteiger partial charge < -0.3 is 11.5 Å². The van der Waals surface area contributed by atoms with E-state index in [1.807, 2.05) is 0 Å². The Kier molecular flexibility index (Phi) is 3.17. The molecule has 4 heteroatoms. The molecule has 0 heterocycles. The number of carbonyl (C=O) groups is 1. The number of carbonyl (C=O) groups excluding carboxylic acids is 1. The Morgan fingerprint density at radius 3 is 2.20 bits per heavy atom. The van der Waals surface area contributed by atoms with Crippen LogP contribution in [0.5, 0.6) is 0 Å². The van der Waals surface area contributed by atoms with Gasteiger partial charge in [0.2, 0.25) is 0 Å². The Labute approximate surface area is 59.6 Å². The number of rotatable bonds is 1. The first-order valence-electron chi connectivity index (χ1n) is 2.81. The van der Waals surface area contributed by atoms with Crippen molar-refractivity contribution in [1.29, 1.82) is 0 Å². The van der Waals surface area contributed by atoms with E-state index in [9.17, 15) is 4.79 Å². The number of aliphatic imine (C=N–C) groups is 1. The van der Waals surface area contributed by atoms with E-state index in [-0.39, 0.29) is 5.96 Å². The molecule has 0 unspecified atom stereocenters. The molecule has 0 rings (SSSR count). The van der Waals surface area contributed by atoms with Gasteiger partial charge in [0.25, 0.3) is 5.91 Å². The largest absolute Gasteiger partial charge is 0.370 e. The summed E-state index contributed by atoms with van der Waals surface area (Å²) in [5.41, 5.74) is 10.8. The third-order valence-electron chi connectivity index (χ3n) is 0.651.